The fourth-order valence-corrected chi connectivity index (χ4v) is 3.30. The van der Waals surface area contributed by atoms with Gasteiger partial charge in [-0.15, -0.1) is 0 Å². The summed E-state index contributed by atoms with van der Waals surface area (Å²) < 4.78 is 1.93. The Labute approximate surface area is 106 Å². The summed E-state index contributed by atoms with van der Waals surface area (Å²) in [6.45, 7) is 6.58. The van der Waals surface area contributed by atoms with Crippen LogP contribution in [0.15, 0.2) is 18.5 Å². The largest absolute Gasteiger partial charge is 0.354 e. The molecule has 5 heteroatoms. The van der Waals surface area contributed by atoms with Crippen LogP contribution in [-0.4, -0.2) is 40.8 Å². The molecule has 2 aliphatic rings. The van der Waals surface area contributed by atoms with E-state index in [1.165, 1.54) is 0 Å². The molecule has 0 saturated carbocycles. The van der Waals surface area contributed by atoms with Crippen LogP contribution in [0.4, 0.5) is 5.82 Å². The smallest absolute Gasteiger partial charge is 0.154 e. The minimum absolute atomic E-state index is 0.788. The second-order valence-corrected chi connectivity index (χ2v) is 5.45. The van der Waals surface area contributed by atoms with Gasteiger partial charge in [0.2, 0.25) is 0 Å². The standard InChI is InChI=1S/C13H17N5/c1-9-4-12-13(15-2-3-18(12)16-9)17-7-10-5-14-6-11(10)8-17/h2-4,10-11,14H,5-8H2,1H3. The van der Waals surface area contributed by atoms with Gasteiger partial charge in [0.1, 0.15) is 5.52 Å². The normalized spacial score (nSPS) is 27.1. The molecule has 5 nitrogen and oxygen atoms in total. The van der Waals surface area contributed by atoms with Crippen LogP contribution in [0.1, 0.15) is 5.69 Å². The van der Waals surface area contributed by atoms with Gasteiger partial charge in [0.25, 0.3) is 0 Å². The maximum Gasteiger partial charge on any atom is 0.154 e. The number of aromatic nitrogens is 3. The Hall–Kier alpha value is -1.62. The zero-order valence-electron chi connectivity index (χ0n) is 10.5. The van der Waals surface area contributed by atoms with Crippen molar-refractivity contribution in [1.29, 1.82) is 0 Å². The van der Waals surface area contributed by atoms with E-state index in [1.807, 2.05) is 23.8 Å². The number of nitrogens with one attached hydrogen (secondary N) is 1. The molecule has 2 fully saturated rings. The molecule has 2 aromatic heterocycles. The minimum atomic E-state index is 0.788. The maximum atomic E-state index is 4.57. The Balaban J connectivity index is 1.74. The van der Waals surface area contributed by atoms with Crippen molar-refractivity contribution in [3.05, 3.63) is 24.2 Å². The van der Waals surface area contributed by atoms with Gasteiger partial charge in [0, 0.05) is 38.6 Å². The van der Waals surface area contributed by atoms with Crippen LogP contribution in [0.2, 0.25) is 0 Å². The fourth-order valence-electron chi connectivity index (χ4n) is 3.30. The summed E-state index contributed by atoms with van der Waals surface area (Å²) in [6.07, 6.45) is 3.77. The van der Waals surface area contributed by atoms with Gasteiger partial charge in [0.15, 0.2) is 5.82 Å². The van der Waals surface area contributed by atoms with Crippen molar-refractivity contribution in [3.8, 4) is 0 Å². The quantitative estimate of drug-likeness (QED) is 0.800. The predicted octanol–water partition coefficient (Wildman–Crippen LogP) is 0.693. The molecule has 94 valence electrons. The Kier molecular flexibility index (Phi) is 2.11. The molecule has 2 aromatic rings. The van der Waals surface area contributed by atoms with Gasteiger partial charge in [-0.3, -0.25) is 0 Å². The van der Waals surface area contributed by atoms with E-state index in [-0.39, 0.29) is 0 Å². The zero-order valence-corrected chi connectivity index (χ0v) is 10.5. The monoisotopic (exact) mass is 243 g/mol. The highest BCUT2D eigenvalue weighted by Gasteiger charge is 2.37. The van der Waals surface area contributed by atoms with E-state index >= 15 is 0 Å². The van der Waals surface area contributed by atoms with Crippen molar-refractivity contribution in [2.75, 3.05) is 31.1 Å². The molecule has 2 unspecified atom stereocenters. The van der Waals surface area contributed by atoms with E-state index in [9.17, 15) is 0 Å². The van der Waals surface area contributed by atoms with E-state index in [1.54, 1.807) is 0 Å². The van der Waals surface area contributed by atoms with Crippen LogP contribution in [0.25, 0.3) is 5.52 Å². The first-order valence-corrected chi connectivity index (χ1v) is 6.58. The lowest BCUT2D eigenvalue weighted by Gasteiger charge is -2.19. The van der Waals surface area contributed by atoms with E-state index < -0.39 is 0 Å². The van der Waals surface area contributed by atoms with Crippen LogP contribution in [-0.2, 0) is 0 Å². The van der Waals surface area contributed by atoms with E-state index in [0.29, 0.717) is 0 Å². The van der Waals surface area contributed by atoms with E-state index in [4.69, 9.17) is 0 Å². The third kappa shape index (κ3) is 1.43. The van der Waals surface area contributed by atoms with Crippen LogP contribution in [0, 0.1) is 18.8 Å². The third-order valence-corrected chi connectivity index (χ3v) is 4.18. The van der Waals surface area contributed by atoms with Crippen LogP contribution in [0.5, 0.6) is 0 Å². The average Bonchev–Trinajstić information content (AvgIpc) is 2.98. The molecule has 0 bridgehead atoms. The lowest BCUT2D eigenvalue weighted by Crippen LogP contribution is -2.26. The predicted molar refractivity (Wildman–Crippen MR) is 69.8 cm³/mol. The van der Waals surface area contributed by atoms with Gasteiger partial charge >= 0.3 is 0 Å². The molecule has 0 radical (unpaired) electrons. The first-order valence-electron chi connectivity index (χ1n) is 6.58. The molecule has 0 amide bonds. The van der Waals surface area contributed by atoms with Crippen LogP contribution in [0.3, 0.4) is 0 Å². The summed E-state index contributed by atoms with van der Waals surface area (Å²) in [4.78, 5) is 7.00. The number of anilines is 1. The molecule has 0 spiro atoms. The molecule has 2 aliphatic heterocycles. The van der Waals surface area contributed by atoms with Gasteiger partial charge in [-0.05, 0) is 24.8 Å². The molecule has 4 heterocycles. The first kappa shape index (κ1) is 10.3. The van der Waals surface area contributed by atoms with Crippen molar-refractivity contribution in [2.45, 2.75) is 6.92 Å². The van der Waals surface area contributed by atoms with Crippen molar-refractivity contribution >= 4 is 11.3 Å². The molecular weight excluding hydrogens is 226 g/mol. The number of nitrogens with zero attached hydrogens (tertiary/aromatic N) is 4. The fraction of sp³-hybridized carbons (Fsp3) is 0.538. The minimum Gasteiger partial charge on any atom is -0.354 e. The summed E-state index contributed by atoms with van der Waals surface area (Å²) in [5.74, 6) is 2.67. The summed E-state index contributed by atoms with van der Waals surface area (Å²) >= 11 is 0. The summed E-state index contributed by atoms with van der Waals surface area (Å²) in [6, 6.07) is 2.12. The average molecular weight is 243 g/mol. The van der Waals surface area contributed by atoms with Gasteiger partial charge in [-0.1, -0.05) is 0 Å². The maximum absolute atomic E-state index is 4.57. The highest BCUT2D eigenvalue weighted by atomic mass is 15.3. The number of aryl methyl sites for hydroxylation is 1. The van der Waals surface area contributed by atoms with Gasteiger partial charge in [-0.25, -0.2) is 9.50 Å². The van der Waals surface area contributed by atoms with Crippen molar-refractivity contribution < 1.29 is 0 Å². The van der Waals surface area contributed by atoms with Crippen molar-refractivity contribution in [1.82, 2.24) is 19.9 Å². The zero-order chi connectivity index (χ0) is 12.1. The lowest BCUT2D eigenvalue weighted by atomic mass is 10.0. The van der Waals surface area contributed by atoms with E-state index in [0.717, 1.165) is 55.0 Å². The molecule has 1 N–H and O–H groups in total. The van der Waals surface area contributed by atoms with Crippen molar-refractivity contribution in [2.24, 2.45) is 11.8 Å². The van der Waals surface area contributed by atoms with Gasteiger partial charge in [-0.2, -0.15) is 5.10 Å². The van der Waals surface area contributed by atoms with Crippen molar-refractivity contribution in [3.63, 3.8) is 0 Å². The molecular formula is C13H17N5. The lowest BCUT2D eigenvalue weighted by molar-refractivity contribution is 0.533. The highest BCUT2D eigenvalue weighted by Crippen LogP contribution is 2.31. The first-order chi connectivity index (χ1) is 8.81. The Morgan fingerprint density at radius 1 is 1.28 bits per heavy atom. The second kappa shape index (κ2) is 3.68. The van der Waals surface area contributed by atoms with Gasteiger partial charge in [0.05, 0.1) is 5.69 Å². The molecule has 2 atom stereocenters. The summed E-state index contributed by atoms with van der Waals surface area (Å²) in [7, 11) is 0. The molecule has 0 aromatic carbocycles. The number of fused-ring (bicyclic) bond motifs is 2. The highest BCUT2D eigenvalue weighted by molar-refractivity contribution is 5.69. The van der Waals surface area contributed by atoms with Crippen LogP contribution < -0.4 is 10.2 Å². The Morgan fingerprint density at radius 2 is 2.06 bits per heavy atom. The molecule has 18 heavy (non-hydrogen) atoms. The second-order valence-electron chi connectivity index (χ2n) is 5.45. The summed E-state index contributed by atoms with van der Waals surface area (Å²) in [5.41, 5.74) is 2.17. The Morgan fingerprint density at radius 3 is 2.83 bits per heavy atom. The number of hydrogen-bond donors (Lipinski definition) is 1. The number of hydrogen-bond acceptors (Lipinski definition) is 4. The van der Waals surface area contributed by atoms with Gasteiger partial charge < -0.3 is 10.2 Å². The molecule has 4 rings (SSSR count). The van der Waals surface area contributed by atoms with Crippen LogP contribution >= 0.6 is 0 Å². The molecule has 2 saturated heterocycles. The van der Waals surface area contributed by atoms with E-state index in [2.05, 4.69) is 26.4 Å². The SMILES string of the molecule is Cc1cc2c(N3CC4CNCC4C3)nccn2n1. The molecule has 0 aliphatic carbocycles. The topological polar surface area (TPSA) is 45.5 Å². The Bertz CT molecular complexity index is 578. The third-order valence-electron chi connectivity index (χ3n) is 4.18. The summed E-state index contributed by atoms with van der Waals surface area (Å²) in [5, 5.41) is 7.93. The number of rotatable bonds is 1.